The third kappa shape index (κ3) is 2.63. The number of amides is 1. The summed E-state index contributed by atoms with van der Waals surface area (Å²) in [5.41, 5.74) is 5.19. The Kier molecular flexibility index (Phi) is 3.25. The van der Waals surface area contributed by atoms with E-state index >= 15 is 0 Å². The monoisotopic (exact) mass is 277 g/mol. The number of rotatable bonds is 2. The maximum absolute atomic E-state index is 11.6. The first-order valence-corrected chi connectivity index (χ1v) is 6.72. The zero-order valence-electron chi connectivity index (χ0n) is 10.3. The first-order valence-electron chi connectivity index (χ1n) is 6.31. The second kappa shape index (κ2) is 5.05. The van der Waals surface area contributed by atoms with Gasteiger partial charge in [-0.15, -0.1) is 0 Å². The summed E-state index contributed by atoms with van der Waals surface area (Å²) in [6.07, 6.45) is 8.29. The maximum Gasteiger partial charge on any atom is 0.305 e. The van der Waals surface area contributed by atoms with Crippen LogP contribution in [0, 0.1) is 11.8 Å². The Balaban J connectivity index is 1.45. The lowest BCUT2D eigenvalue weighted by Gasteiger charge is -2.21. The lowest BCUT2D eigenvalue weighted by molar-refractivity contribution is 0.0915. The van der Waals surface area contributed by atoms with Gasteiger partial charge in [0, 0.05) is 6.04 Å². The second-order valence-corrected chi connectivity index (χ2v) is 5.32. The van der Waals surface area contributed by atoms with Crippen LogP contribution in [0.4, 0.5) is 0 Å². The fourth-order valence-electron chi connectivity index (χ4n) is 2.73. The zero-order valence-corrected chi connectivity index (χ0v) is 11.1. The molecular weight excluding hydrogens is 262 g/mol. The van der Waals surface area contributed by atoms with E-state index in [1.807, 2.05) is 0 Å². The van der Waals surface area contributed by atoms with Crippen molar-refractivity contribution in [2.75, 3.05) is 0 Å². The number of fused-ring (bicyclic) bond motifs is 2. The minimum absolute atomic E-state index is 0.248. The van der Waals surface area contributed by atoms with Crippen molar-refractivity contribution in [3.8, 4) is 0 Å². The van der Waals surface area contributed by atoms with Gasteiger partial charge in [0.15, 0.2) is 10.9 Å². The maximum atomic E-state index is 11.6. The smallest absolute Gasteiger partial charge is 0.305 e. The highest BCUT2D eigenvalue weighted by molar-refractivity contribution is 7.80. The minimum Gasteiger partial charge on any atom is -0.459 e. The Bertz CT molecular complexity index is 512. The van der Waals surface area contributed by atoms with Crippen molar-refractivity contribution in [2.24, 2.45) is 11.8 Å². The molecule has 2 aliphatic rings. The van der Waals surface area contributed by atoms with Crippen molar-refractivity contribution < 1.29 is 9.21 Å². The normalized spacial score (nSPS) is 27.3. The van der Waals surface area contributed by atoms with Crippen molar-refractivity contribution in [2.45, 2.75) is 18.9 Å². The Hall–Kier alpha value is -1.82. The van der Waals surface area contributed by atoms with Gasteiger partial charge in [-0.3, -0.25) is 15.6 Å². The highest BCUT2D eigenvalue weighted by Crippen LogP contribution is 2.38. The molecule has 1 saturated carbocycles. The number of thiocarbonyl (C=S) groups is 1. The standard InChI is InChI=1S/C13H15N3O2S/c17-12(11-2-1-5-18-11)15-16-13(19)14-10-7-8-3-4-9(10)6-8/h1-5,8-10H,6-7H2,(H,15,17)(H2,14,16,19)/t8-,9-,10+/m1/s1. The Morgan fingerprint density at radius 2 is 2.21 bits per heavy atom. The molecule has 3 atom stereocenters. The molecule has 19 heavy (non-hydrogen) atoms. The number of hydrazine groups is 1. The number of hydrogen-bond acceptors (Lipinski definition) is 3. The van der Waals surface area contributed by atoms with Crippen LogP contribution in [0.3, 0.4) is 0 Å². The van der Waals surface area contributed by atoms with Gasteiger partial charge in [0.05, 0.1) is 6.26 Å². The van der Waals surface area contributed by atoms with Gasteiger partial charge in [-0.1, -0.05) is 12.2 Å². The van der Waals surface area contributed by atoms with Gasteiger partial charge in [-0.2, -0.15) is 0 Å². The summed E-state index contributed by atoms with van der Waals surface area (Å²) < 4.78 is 4.98. The highest BCUT2D eigenvalue weighted by atomic mass is 32.1. The number of nitrogens with one attached hydrogen (secondary N) is 3. The molecule has 0 radical (unpaired) electrons. The molecule has 0 unspecified atom stereocenters. The van der Waals surface area contributed by atoms with Crippen molar-refractivity contribution >= 4 is 23.2 Å². The second-order valence-electron chi connectivity index (χ2n) is 4.92. The molecule has 3 N–H and O–H groups in total. The van der Waals surface area contributed by atoms with Crippen LogP contribution in [-0.2, 0) is 0 Å². The first kappa shape index (κ1) is 12.2. The summed E-state index contributed by atoms with van der Waals surface area (Å²) in [6.45, 7) is 0. The lowest BCUT2D eigenvalue weighted by Crippen LogP contribution is -2.50. The van der Waals surface area contributed by atoms with Gasteiger partial charge in [-0.25, -0.2) is 0 Å². The van der Waals surface area contributed by atoms with Crippen molar-refractivity contribution in [1.29, 1.82) is 0 Å². The van der Waals surface area contributed by atoms with E-state index < -0.39 is 0 Å². The van der Waals surface area contributed by atoms with Crippen LogP contribution in [0.2, 0.25) is 0 Å². The molecule has 3 rings (SSSR count). The Morgan fingerprint density at radius 3 is 2.84 bits per heavy atom. The molecule has 0 aromatic carbocycles. The van der Waals surface area contributed by atoms with Gasteiger partial charge < -0.3 is 9.73 Å². The number of carbonyl (C=O) groups is 1. The molecule has 5 nitrogen and oxygen atoms in total. The molecule has 1 heterocycles. The summed E-state index contributed by atoms with van der Waals surface area (Å²) in [5, 5.41) is 3.67. The number of hydrogen-bond donors (Lipinski definition) is 3. The van der Waals surface area contributed by atoms with Crippen LogP contribution >= 0.6 is 12.2 Å². The molecule has 0 saturated heterocycles. The summed E-state index contributed by atoms with van der Waals surface area (Å²) >= 11 is 5.16. The van der Waals surface area contributed by atoms with Gasteiger partial charge in [0.25, 0.3) is 0 Å². The number of allylic oxidation sites excluding steroid dienone is 1. The van der Waals surface area contributed by atoms with Gasteiger partial charge in [-0.05, 0) is 49.0 Å². The number of carbonyl (C=O) groups excluding carboxylic acids is 1. The van der Waals surface area contributed by atoms with E-state index in [1.54, 1.807) is 12.1 Å². The average molecular weight is 277 g/mol. The largest absolute Gasteiger partial charge is 0.459 e. The highest BCUT2D eigenvalue weighted by Gasteiger charge is 2.35. The lowest BCUT2D eigenvalue weighted by atomic mass is 10.0. The van der Waals surface area contributed by atoms with Crippen LogP contribution < -0.4 is 16.2 Å². The Labute approximate surface area is 116 Å². The third-order valence-electron chi connectivity index (χ3n) is 3.63. The van der Waals surface area contributed by atoms with E-state index in [0.717, 1.165) is 6.42 Å². The summed E-state index contributed by atoms with van der Waals surface area (Å²) in [6, 6.07) is 3.62. The predicted molar refractivity (Wildman–Crippen MR) is 74.2 cm³/mol. The topological polar surface area (TPSA) is 66.3 Å². The number of furan rings is 1. The molecule has 1 aromatic heterocycles. The first-order chi connectivity index (χ1) is 9.22. The van der Waals surface area contributed by atoms with Gasteiger partial charge in [0.2, 0.25) is 0 Å². The van der Waals surface area contributed by atoms with E-state index in [0.29, 0.717) is 23.0 Å². The van der Waals surface area contributed by atoms with Crippen molar-refractivity contribution in [3.63, 3.8) is 0 Å². The molecule has 0 aliphatic heterocycles. The van der Waals surface area contributed by atoms with Crippen molar-refractivity contribution in [1.82, 2.24) is 16.2 Å². The molecule has 2 aliphatic carbocycles. The molecule has 1 amide bonds. The van der Waals surface area contributed by atoms with E-state index in [-0.39, 0.29) is 11.7 Å². The molecule has 100 valence electrons. The minimum atomic E-state index is -0.345. The van der Waals surface area contributed by atoms with Crippen LogP contribution in [0.25, 0.3) is 0 Å². The fourth-order valence-corrected chi connectivity index (χ4v) is 2.94. The van der Waals surface area contributed by atoms with Crippen LogP contribution in [0.5, 0.6) is 0 Å². The third-order valence-corrected chi connectivity index (χ3v) is 3.85. The van der Waals surface area contributed by atoms with Crippen LogP contribution in [-0.4, -0.2) is 17.1 Å². The van der Waals surface area contributed by atoms with Crippen molar-refractivity contribution in [3.05, 3.63) is 36.3 Å². The van der Waals surface area contributed by atoms with E-state index in [9.17, 15) is 4.79 Å². The molecular formula is C13H15N3O2S. The SMILES string of the molecule is O=C(NNC(=S)N[C@H]1C[C@@H]2C=C[C@@H]1C2)c1ccco1. The molecule has 1 fully saturated rings. The fraction of sp³-hybridized carbons (Fsp3) is 0.385. The molecule has 0 spiro atoms. The molecule has 6 heteroatoms. The summed E-state index contributed by atoms with van der Waals surface area (Å²) in [7, 11) is 0. The summed E-state index contributed by atoms with van der Waals surface area (Å²) in [5.74, 6) is 1.15. The van der Waals surface area contributed by atoms with Gasteiger partial charge in [0.1, 0.15) is 0 Å². The zero-order chi connectivity index (χ0) is 13.2. The molecule has 2 bridgehead atoms. The Morgan fingerprint density at radius 1 is 1.32 bits per heavy atom. The van der Waals surface area contributed by atoms with E-state index in [4.69, 9.17) is 16.6 Å². The quantitative estimate of drug-likeness (QED) is 0.433. The average Bonchev–Trinajstić information content (AvgIpc) is 3.12. The van der Waals surface area contributed by atoms with Gasteiger partial charge >= 0.3 is 5.91 Å². The van der Waals surface area contributed by atoms with Crippen LogP contribution in [0.15, 0.2) is 35.0 Å². The van der Waals surface area contributed by atoms with E-state index in [2.05, 4.69) is 28.3 Å². The van der Waals surface area contributed by atoms with E-state index in [1.165, 1.54) is 12.7 Å². The summed E-state index contributed by atoms with van der Waals surface area (Å²) in [4.78, 5) is 11.6. The van der Waals surface area contributed by atoms with Crippen LogP contribution in [0.1, 0.15) is 23.4 Å². The predicted octanol–water partition coefficient (Wildman–Crippen LogP) is 1.35. The molecule has 1 aromatic rings.